The second-order valence-corrected chi connectivity index (χ2v) is 6.79. The Kier molecular flexibility index (Phi) is 5.03. The highest BCUT2D eigenvalue weighted by molar-refractivity contribution is 6.70. The number of carbonyl (C=O) groups excluding carboxylic acids is 1. The van der Waals surface area contributed by atoms with Gasteiger partial charge in [0.1, 0.15) is 0 Å². The minimum Gasteiger partial charge on any atom is -0.410 e. The van der Waals surface area contributed by atoms with E-state index in [-0.39, 0.29) is 11.6 Å². The van der Waals surface area contributed by atoms with Gasteiger partial charge in [0.15, 0.2) is 5.84 Å². The van der Waals surface area contributed by atoms with Gasteiger partial charge in [-0.25, -0.2) is 0 Å². The van der Waals surface area contributed by atoms with Crippen LogP contribution >= 0.6 is 11.6 Å². The molecule has 0 atom stereocenters. The number of hydrogen-bond donors (Lipinski definition) is 1. The van der Waals surface area contributed by atoms with Gasteiger partial charge < -0.3 is 5.21 Å². The Labute approximate surface area is 151 Å². The highest BCUT2D eigenvalue weighted by atomic mass is 35.5. The minimum atomic E-state index is -0.367. The molecule has 2 heterocycles. The summed E-state index contributed by atoms with van der Waals surface area (Å²) >= 11 is 5.90. The van der Waals surface area contributed by atoms with Crippen LogP contribution in [0.5, 0.6) is 0 Å². The fourth-order valence-electron chi connectivity index (χ4n) is 2.84. The molecule has 7 nitrogen and oxygen atoms in total. The number of nitrogens with zero attached hydrogens (tertiary/aromatic N) is 5. The Morgan fingerprint density at radius 3 is 2.68 bits per heavy atom. The van der Waals surface area contributed by atoms with Crippen LogP contribution in [0, 0.1) is 5.92 Å². The number of oxime groups is 1. The molecular weight excluding hydrogens is 342 g/mol. The van der Waals surface area contributed by atoms with Crippen LogP contribution < -0.4 is 0 Å². The van der Waals surface area contributed by atoms with Gasteiger partial charge in [0.05, 0.1) is 13.1 Å². The van der Waals surface area contributed by atoms with E-state index in [0.717, 1.165) is 5.56 Å². The number of aliphatic imine (C=N–C) groups is 2. The lowest BCUT2D eigenvalue weighted by molar-refractivity contribution is -0.120. The van der Waals surface area contributed by atoms with E-state index in [2.05, 4.69) is 29.0 Å². The quantitative estimate of drug-likeness (QED) is 0.659. The smallest absolute Gasteiger partial charge is 0.286 e. The second kappa shape index (κ2) is 7.23. The highest BCUT2D eigenvalue weighted by Crippen LogP contribution is 2.19. The zero-order valence-electron chi connectivity index (χ0n) is 14.2. The van der Waals surface area contributed by atoms with Gasteiger partial charge in [-0.2, -0.15) is 0 Å². The molecule has 8 heteroatoms. The maximum Gasteiger partial charge on any atom is 0.286 e. The van der Waals surface area contributed by atoms with Crippen molar-refractivity contribution < 1.29 is 10.0 Å². The Balaban J connectivity index is 1.97. The zero-order valence-corrected chi connectivity index (χ0v) is 14.9. The van der Waals surface area contributed by atoms with E-state index in [1.54, 1.807) is 17.0 Å². The van der Waals surface area contributed by atoms with Crippen LogP contribution in [0.2, 0.25) is 5.02 Å². The predicted octanol–water partition coefficient (Wildman–Crippen LogP) is 2.24. The Hall–Kier alpha value is -2.41. The number of benzene rings is 1. The van der Waals surface area contributed by atoms with Crippen molar-refractivity contribution >= 4 is 35.0 Å². The fraction of sp³-hybridized carbons (Fsp3) is 0.412. The van der Waals surface area contributed by atoms with Gasteiger partial charge in [0, 0.05) is 18.1 Å². The van der Waals surface area contributed by atoms with Gasteiger partial charge >= 0.3 is 0 Å². The lowest BCUT2D eigenvalue weighted by atomic mass is 10.1. The van der Waals surface area contributed by atoms with Crippen LogP contribution in [-0.4, -0.2) is 58.1 Å². The molecule has 0 unspecified atom stereocenters. The van der Waals surface area contributed by atoms with Gasteiger partial charge in [-0.15, -0.1) is 0 Å². The summed E-state index contributed by atoms with van der Waals surface area (Å²) in [6, 6.07) is 7.33. The van der Waals surface area contributed by atoms with Crippen molar-refractivity contribution in [1.82, 2.24) is 9.80 Å². The number of amidine groups is 1. The molecule has 1 saturated heterocycles. The fourth-order valence-corrected chi connectivity index (χ4v) is 2.97. The Morgan fingerprint density at radius 2 is 2.04 bits per heavy atom. The van der Waals surface area contributed by atoms with Crippen molar-refractivity contribution in [2.75, 3.05) is 19.6 Å². The molecule has 0 radical (unpaired) electrons. The summed E-state index contributed by atoms with van der Waals surface area (Å²) in [4.78, 5) is 25.0. The zero-order chi connectivity index (χ0) is 18.0. The standard InChI is InChI=1S/C17H20ClN5O2/c1-11(2)10-23-15(20-9-12-3-5-13(18)6-4-12)14(21-25)16(24)22-8-7-19-17(22)23/h3-6,11,25H,7-10H2,1-2H3/b20-15?,21-14-. The maximum absolute atomic E-state index is 12.6. The van der Waals surface area contributed by atoms with Crippen LogP contribution in [-0.2, 0) is 11.3 Å². The molecule has 0 bridgehead atoms. The number of amides is 1. The lowest BCUT2D eigenvalue weighted by Gasteiger charge is -2.36. The van der Waals surface area contributed by atoms with Crippen molar-refractivity contribution in [2.24, 2.45) is 21.1 Å². The van der Waals surface area contributed by atoms with E-state index >= 15 is 0 Å². The first-order valence-corrected chi connectivity index (χ1v) is 8.54. The molecule has 1 amide bonds. The third kappa shape index (κ3) is 3.51. The SMILES string of the molecule is CC(C)CN1C(=NCc2ccc(Cl)cc2)/C(=N/O)C(=O)N2CCN=C21. The number of hydrogen-bond acceptors (Lipinski definition) is 5. The van der Waals surface area contributed by atoms with E-state index in [1.165, 1.54) is 0 Å². The third-order valence-electron chi connectivity index (χ3n) is 3.95. The first-order valence-electron chi connectivity index (χ1n) is 8.16. The number of halogens is 1. The predicted molar refractivity (Wildman–Crippen MR) is 97.4 cm³/mol. The van der Waals surface area contributed by atoms with E-state index in [9.17, 15) is 10.0 Å². The molecule has 3 rings (SSSR count). The Morgan fingerprint density at radius 1 is 1.32 bits per heavy atom. The van der Waals surface area contributed by atoms with Gasteiger partial charge in [0.25, 0.3) is 5.91 Å². The van der Waals surface area contributed by atoms with E-state index in [1.807, 2.05) is 17.0 Å². The molecule has 2 aliphatic heterocycles. The van der Waals surface area contributed by atoms with Gasteiger partial charge in [0.2, 0.25) is 11.7 Å². The van der Waals surface area contributed by atoms with Crippen molar-refractivity contribution in [1.29, 1.82) is 0 Å². The van der Waals surface area contributed by atoms with Crippen LogP contribution in [0.3, 0.4) is 0 Å². The van der Waals surface area contributed by atoms with E-state index < -0.39 is 0 Å². The van der Waals surface area contributed by atoms with Crippen LogP contribution in [0.25, 0.3) is 0 Å². The topological polar surface area (TPSA) is 80.9 Å². The van der Waals surface area contributed by atoms with Crippen molar-refractivity contribution in [2.45, 2.75) is 20.4 Å². The van der Waals surface area contributed by atoms with E-state index in [4.69, 9.17) is 11.6 Å². The van der Waals surface area contributed by atoms with Crippen LogP contribution in [0.1, 0.15) is 19.4 Å². The number of fused-ring (bicyclic) bond motifs is 1. The summed E-state index contributed by atoms with van der Waals surface area (Å²) < 4.78 is 0. The normalized spacial score (nSPS) is 20.6. The summed E-state index contributed by atoms with van der Waals surface area (Å²) in [5.74, 6) is 0.890. The minimum absolute atomic E-state index is 0.0459. The van der Waals surface area contributed by atoms with Crippen LogP contribution in [0.15, 0.2) is 39.4 Å². The maximum atomic E-state index is 12.6. The molecule has 1 aromatic rings. The first kappa shape index (κ1) is 17.4. The molecular formula is C17H20ClN5O2. The van der Waals surface area contributed by atoms with Crippen molar-refractivity contribution in [3.63, 3.8) is 0 Å². The number of guanidine groups is 1. The first-order chi connectivity index (χ1) is 12.0. The summed E-state index contributed by atoms with van der Waals surface area (Å²) in [7, 11) is 0. The molecule has 25 heavy (non-hydrogen) atoms. The van der Waals surface area contributed by atoms with E-state index in [0.29, 0.717) is 48.9 Å². The summed E-state index contributed by atoms with van der Waals surface area (Å²) in [5, 5.41) is 13.3. The Bertz CT molecular complexity index is 755. The van der Waals surface area contributed by atoms with Gasteiger partial charge in [-0.1, -0.05) is 42.7 Å². The molecule has 132 valence electrons. The summed E-state index contributed by atoms with van der Waals surface area (Å²) in [5.41, 5.74) is 0.900. The van der Waals surface area contributed by atoms with Gasteiger partial charge in [-0.05, 0) is 23.6 Å². The molecule has 1 fully saturated rings. The number of carbonyl (C=O) groups is 1. The molecule has 0 spiro atoms. The summed E-state index contributed by atoms with van der Waals surface area (Å²) in [6.45, 7) is 6.15. The largest absolute Gasteiger partial charge is 0.410 e. The van der Waals surface area contributed by atoms with Gasteiger partial charge in [-0.3, -0.25) is 24.6 Å². The molecule has 0 aromatic heterocycles. The number of rotatable bonds is 4. The highest BCUT2D eigenvalue weighted by Gasteiger charge is 2.42. The monoisotopic (exact) mass is 361 g/mol. The van der Waals surface area contributed by atoms with Crippen LogP contribution in [0.4, 0.5) is 0 Å². The second-order valence-electron chi connectivity index (χ2n) is 6.36. The average Bonchev–Trinajstić information content (AvgIpc) is 3.07. The molecule has 1 aromatic carbocycles. The molecule has 0 saturated carbocycles. The van der Waals surface area contributed by atoms with Crippen molar-refractivity contribution in [3.05, 3.63) is 34.9 Å². The van der Waals surface area contributed by atoms with Crippen molar-refractivity contribution in [3.8, 4) is 0 Å². The molecule has 2 aliphatic rings. The molecule has 1 N–H and O–H groups in total. The third-order valence-corrected chi connectivity index (χ3v) is 4.20. The lowest BCUT2D eigenvalue weighted by Crippen LogP contribution is -2.60. The molecule has 0 aliphatic carbocycles. The average molecular weight is 362 g/mol. The summed E-state index contributed by atoms with van der Waals surface area (Å²) in [6.07, 6.45) is 0.